The van der Waals surface area contributed by atoms with Crippen LogP contribution in [-0.4, -0.2) is 19.5 Å². The smallest absolute Gasteiger partial charge is 0.200 e. The number of aromatic amines is 1. The van der Waals surface area contributed by atoms with Crippen molar-refractivity contribution in [2.24, 2.45) is 0 Å². The summed E-state index contributed by atoms with van der Waals surface area (Å²) in [5, 5.41) is 0. The van der Waals surface area contributed by atoms with Crippen molar-refractivity contribution in [2.75, 3.05) is 5.73 Å². The first-order valence-corrected chi connectivity index (χ1v) is 9.43. The van der Waals surface area contributed by atoms with E-state index in [1.807, 2.05) is 30.3 Å². The van der Waals surface area contributed by atoms with Gasteiger partial charge in [-0.2, -0.15) is 4.98 Å². The largest absolute Gasteiger partial charge is 0.383 e. The van der Waals surface area contributed by atoms with Crippen molar-refractivity contribution in [3.05, 3.63) is 59.4 Å². The van der Waals surface area contributed by atoms with Crippen LogP contribution in [0, 0.1) is 17.1 Å². The molecule has 0 aliphatic heterocycles. The third-order valence-corrected chi connectivity index (χ3v) is 4.77. The summed E-state index contributed by atoms with van der Waals surface area (Å²) in [6.07, 6.45) is 6.93. The predicted octanol–water partition coefficient (Wildman–Crippen LogP) is 4.82. The summed E-state index contributed by atoms with van der Waals surface area (Å²) in [5.41, 5.74) is 10.7. The normalized spacial score (nSPS) is 10.8. The summed E-state index contributed by atoms with van der Waals surface area (Å²) in [6, 6.07) is 18.5. The summed E-state index contributed by atoms with van der Waals surface area (Å²) in [5.74, 6) is 3.91. The number of hydrogen-bond donors (Lipinski definition) is 2. The number of benzene rings is 2. The Labute approximate surface area is 168 Å². The highest BCUT2D eigenvalue weighted by molar-refractivity contribution is 7.71. The molecular weight excluding hydrogens is 366 g/mol. The van der Waals surface area contributed by atoms with E-state index in [0.717, 1.165) is 28.9 Å². The van der Waals surface area contributed by atoms with E-state index < -0.39 is 0 Å². The predicted molar refractivity (Wildman–Crippen MR) is 116 cm³/mol. The standard InChI is InChI=1S/C22H19N5S/c1-2-3-7-13-27-20(24-18-19(23)25-22(28)26-21(18)27)17-12-8-11-16(14-17)15-9-5-4-6-10-15/h1,4-6,8-12,14H,3,7,13H2,(H3,23,25,26,28). The Balaban J connectivity index is 1.88. The van der Waals surface area contributed by atoms with E-state index in [-0.39, 0.29) is 0 Å². The molecule has 4 aromatic rings. The monoisotopic (exact) mass is 385 g/mol. The fourth-order valence-electron chi connectivity index (χ4n) is 3.28. The van der Waals surface area contributed by atoms with E-state index in [1.54, 1.807) is 0 Å². The van der Waals surface area contributed by atoms with Gasteiger partial charge in [-0.3, -0.25) is 0 Å². The molecule has 4 rings (SSSR count). The van der Waals surface area contributed by atoms with Crippen molar-refractivity contribution in [3.8, 4) is 34.9 Å². The molecule has 0 saturated carbocycles. The molecule has 2 aromatic carbocycles. The fourth-order valence-corrected chi connectivity index (χ4v) is 3.47. The van der Waals surface area contributed by atoms with E-state index in [2.05, 4.69) is 44.7 Å². The van der Waals surface area contributed by atoms with Crippen LogP contribution < -0.4 is 5.73 Å². The molecule has 0 aliphatic carbocycles. The van der Waals surface area contributed by atoms with E-state index in [1.165, 1.54) is 0 Å². The zero-order valence-corrected chi connectivity index (χ0v) is 16.0. The lowest BCUT2D eigenvalue weighted by Gasteiger charge is -2.09. The van der Waals surface area contributed by atoms with Crippen LogP contribution in [0.4, 0.5) is 5.82 Å². The number of nitrogens with zero attached hydrogens (tertiary/aromatic N) is 3. The van der Waals surface area contributed by atoms with Crippen LogP contribution in [-0.2, 0) is 6.54 Å². The van der Waals surface area contributed by atoms with Crippen LogP contribution >= 0.6 is 12.2 Å². The Bertz CT molecular complexity index is 1230. The minimum atomic E-state index is 0.340. The number of hydrogen-bond acceptors (Lipinski definition) is 4. The Kier molecular flexibility index (Phi) is 4.92. The van der Waals surface area contributed by atoms with Crippen molar-refractivity contribution >= 4 is 29.2 Å². The average Bonchev–Trinajstić information content (AvgIpc) is 3.08. The summed E-state index contributed by atoms with van der Waals surface area (Å²) in [4.78, 5) is 12.1. The lowest BCUT2D eigenvalue weighted by molar-refractivity contribution is 0.672. The van der Waals surface area contributed by atoms with Crippen LogP contribution in [0.15, 0.2) is 54.6 Å². The molecule has 0 aliphatic rings. The van der Waals surface area contributed by atoms with E-state index in [9.17, 15) is 0 Å². The third-order valence-electron chi connectivity index (χ3n) is 4.58. The highest BCUT2D eigenvalue weighted by Gasteiger charge is 2.16. The van der Waals surface area contributed by atoms with Crippen LogP contribution in [0.1, 0.15) is 12.8 Å². The van der Waals surface area contributed by atoms with Crippen LogP contribution in [0.3, 0.4) is 0 Å². The molecule has 5 nitrogen and oxygen atoms in total. The van der Waals surface area contributed by atoms with Gasteiger partial charge in [-0.15, -0.1) is 12.3 Å². The number of aromatic nitrogens is 4. The molecule has 2 heterocycles. The topological polar surface area (TPSA) is 72.5 Å². The molecule has 0 amide bonds. The van der Waals surface area contributed by atoms with Gasteiger partial charge >= 0.3 is 0 Å². The van der Waals surface area contributed by atoms with Gasteiger partial charge < -0.3 is 15.3 Å². The first kappa shape index (κ1) is 18.0. The number of anilines is 1. The number of terminal acetylenes is 1. The van der Waals surface area contributed by atoms with Gasteiger partial charge in [0.05, 0.1) is 0 Å². The van der Waals surface area contributed by atoms with E-state index in [4.69, 9.17) is 29.4 Å². The second-order valence-electron chi connectivity index (χ2n) is 6.47. The number of H-pyrrole nitrogens is 1. The Morgan fingerprint density at radius 1 is 1.04 bits per heavy atom. The van der Waals surface area contributed by atoms with Gasteiger partial charge in [0.2, 0.25) is 0 Å². The summed E-state index contributed by atoms with van der Waals surface area (Å²) in [7, 11) is 0. The maximum atomic E-state index is 6.12. The molecule has 0 spiro atoms. The molecule has 0 bridgehead atoms. The van der Waals surface area contributed by atoms with E-state index in [0.29, 0.717) is 34.7 Å². The Hall–Kier alpha value is -3.43. The van der Waals surface area contributed by atoms with Crippen LogP contribution in [0.25, 0.3) is 33.7 Å². The highest BCUT2D eigenvalue weighted by Crippen LogP contribution is 2.29. The number of nitrogen functional groups attached to an aromatic ring is 1. The molecular formula is C22H19N5S. The zero-order valence-electron chi connectivity index (χ0n) is 15.2. The molecule has 6 heteroatoms. The summed E-state index contributed by atoms with van der Waals surface area (Å²) >= 11 is 5.21. The fraction of sp³-hybridized carbons (Fsp3) is 0.136. The van der Waals surface area contributed by atoms with Crippen molar-refractivity contribution in [2.45, 2.75) is 19.4 Å². The Morgan fingerprint density at radius 2 is 1.79 bits per heavy atom. The first-order chi connectivity index (χ1) is 13.7. The van der Waals surface area contributed by atoms with Crippen molar-refractivity contribution in [1.29, 1.82) is 0 Å². The van der Waals surface area contributed by atoms with Crippen molar-refractivity contribution in [3.63, 3.8) is 0 Å². The van der Waals surface area contributed by atoms with Crippen LogP contribution in [0.2, 0.25) is 0 Å². The maximum absolute atomic E-state index is 6.12. The number of nitrogens with two attached hydrogens (primary N) is 1. The van der Waals surface area contributed by atoms with Gasteiger partial charge in [0.15, 0.2) is 10.4 Å². The molecule has 0 fully saturated rings. The minimum absolute atomic E-state index is 0.340. The molecule has 28 heavy (non-hydrogen) atoms. The van der Waals surface area contributed by atoms with Gasteiger partial charge in [-0.1, -0.05) is 48.5 Å². The molecule has 0 saturated heterocycles. The van der Waals surface area contributed by atoms with Crippen molar-refractivity contribution < 1.29 is 0 Å². The van der Waals surface area contributed by atoms with Gasteiger partial charge in [-0.05, 0) is 35.8 Å². The van der Waals surface area contributed by atoms with Crippen molar-refractivity contribution in [1.82, 2.24) is 19.5 Å². The van der Waals surface area contributed by atoms with Gasteiger partial charge in [0.25, 0.3) is 0 Å². The second-order valence-corrected chi connectivity index (χ2v) is 6.86. The maximum Gasteiger partial charge on any atom is 0.200 e. The lowest BCUT2D eigenvalue weighted by Crippen LogP contribution is -2.03. The van der Waals surface area contributed by atoms with Crippen LogP contribution in [0.5, 0.6) is 0 Å². The number of nitrogens with one attached hydrogen (secondary N) is 1. The van der Waals surface area contributed by atoms with Gasteiger partial charge in [0.1, 0.15) is 17.2 Å². The average molecular weight is 385 g/mol. The Morgan fingerprint density at radius 3 is 2.57 bits per heavy atom. The SMILES string of the molecule is C#CCCCn1c(-c2cccc(-c3ccccc3)c2)nc2c(N)[nH]c(=S)nc21. The number of rotatable bonds is 5. The van der Waals surface area contributed by atoms with E-state index >= 15 is 0 Å². The number of aryl methyl sites for hydroxylation is 1. The molecule has 2 aromatic heterocycles. The molecule has 0 atom stereocenters. The molecule has 3 N–H and O–H groups in total. The summed E-state index contributed by atoms with van der Waals surface area (Å²) in [6.45, 7) is 0.691. The highest BCUT2D eigenvalue weighted by atomic mass is 32.1. The zero-order chi connectivity index (χ0) is 19.5. The number of unbranched alkanes of at least 4 members (excludes halogenated alkanes) is 1. The third kappa shape index (κ3) is 3.40. The quantitative estimate of drug-likeness (QED) is 0.293. The second kappa shape index (κ2) is 7.67. The van der Waals surface area contributed by atoms with Gasteiger partial charge in [0, 0.05) is 18.5 Å². The molecule has 138 valence electrons. The van der Waals surface area contributed by atoms with Gasteiger partial charge in [-0.25, -0.2) is 4.98 Å². The number of fused-ring (bicyclic) bond motifs is 1. The number of imidazole rings is 1. The molecule has 0 radical (unpaired) electrons. The lowest BCUT2D eigenvalue weighted by atomic mass is 10.0. The first-order valence-electron chi connectivity index (χ1n) is 9.02. The summed E-state index contributed by atoms with van der Waals surface area (Å²) < 4.78 is 2.39. The molecule has 0 unspecified atom stereocenters. The minimum Gasteiger partial charge on any atom is -0.383 e.